The van der Waals surface area contributed by atoms with Crippen molar-refractivity contribution in [3.8, 4) is 0 Å². The molecule has 0 aromatic carbocycles. The van der Waals surface area contributed by atoms with E-state index in [0.29, 0.717) is 86.8 Å². The molecule has 12 aliphatic carbocycles. The third kappa shape index (κ3) is 5.54. The van der Waals surface area contributed by atoms with Crippen molar-refractivity contribution in [2.75, 3.05) is 39.5 Å². The van der Waals surface area contributed by atoms with Crippen molar-refractivity contribution in [3.63, 3.8) is 0 Å². The van der Waals surface area contributed by atoms with Crippen LogP contribution in [0.2, 0.25) is 0 Å². The molecule has 0 aliphatic heterocycles. The molecular formula is C39H58NO6+. The number of rotatable bonds is 12. The fraction of sp³-hybridized carbons (Fsp3) is 0.923. The zero-order valence-corrected chi connectivity index (χ0v) is 28.1. The Kier molecular flexibility index (Phi) is 7.78. The first kappa shape index (κ1) is 30.4. The Morgan fingerprint density at radius 1 is 0.457 bits per heavy atom. The highest BCUT2D eigenvalue weighted by molar-refractivity contribution is 5.78. The van der Waals surface area contributed by atoms with Crippen LogP contribution in [0.15, 0.2) is 0 Å². The van der Waals surface area contributed by atoms with E-state index in [0.717, 1.165) is 50.4 Å². The summed E-state index contributed by atoms with van der Waals surface area (Å²) in [6.45, 7) is 3.10. The molecular weight excluding hydrogens is 578 g/mol. The molecule has 1 N–H and O–H groups in total. The predicted octanol–water partition coefficient (Wildman–Crippen LogP) is 5.01. The Labute approximate surface area is 275 Å². The SMILES string of the molecule is O=C(OCC[NH+](CCOC(=O)C12CC3CC(CC(C3)C1)C2)CCOC(=O)C12CC3CC(CC(C3)C1)C2)C1C2CC3CC(C2)CC1C3. The average molecular weight is 637 g/mol. The Morgan fingerprint density at radius 3 is 1.15 bits per heavy atom. The third-order valence-electron chi connectivity index (χ3n) is 15.5. The van der Waals surface area contributed by atoms with Gasteiger partial charge in [-0.2, -0.15) is 0 Å². The highest BCUT2D eigenvalue weighted by Crippen LogP contribution is 2.62. The van der Waals surface area contributed by atoms with Crippen molar-refractivity contribution in [1.82, 2.24) is 0 Å². The number of ether oxygens (including phenoxy) is 3. The first-order chi connectivity index (χ1) is 22.3. The molecule has 0 radical (unpaired) electrons. The summed E-state index contributed by atoms with van der Waals surface area (Å²) in [7, 11) is 0. The van der Waals surface area contributed by atoms with Crippen LogP contribution in [-0.2, 0) is 28.6 Å². The van der Waals surface area contributed by atoms with Crippen molar-refractivity contribution in [1.29, 1.82) is 0 Å². The van der Waals surface area contributed by atoms with E-state index in [1.807, 2.05) is 0 Å². The molecule has 0 aromatic heterocycles. The molecule has 0 spiro atoms. The fourth-order valence-electron chi connectivity index (χ4n) is 14.7. The van der Waals surface area contributed by atoms with Gasteiger partial charge in [-0.3, -0.25) is 14.4 Å². The lowest BCUT2D eigenvalue weighted by Crippen LogP contribution is -3.13. The van der Waals surface area contributed by atoms with Crippen molar-refractivity contribution in [2.24, 2.45) is 75.9 Å². The molecule has 254 valence electrons. The number of hydrogen-bond donors (Lipinski definition) is 1. The molecule has 0 atom stereocenters. The minimum atomic E-state index is -0.240. The van der Waals surface area contributed by atoms with Crippen molar-refractivity contribution < 1.29 is 33.5 Å². The zero-order chi connectivity index (χ0) is 31.0. The molecule has 0 saturated heterocycles. The molecule has 12 rings (SSSR count). The molecule has 12 saturated carbocycles. The Hall–Kier alpha value is -1.63. The molecule has 46 heavy (non-hydrogen) atoms. The highest BCUT2D eigenvalue weighted by Gasteiger charge is 2.57. The molecule has 0 heterocycles. The van der Waals surface area contributed by atoms with E-state index in [9.17, 15) is 14.4 Å². The number of carbonyl (C=O) groups is 3. The van der Waals surface area contributed by atoms with Gasteiger partial charge in [-0.05, 0) is 168 Å². The lowest BCUT2D eigenvalue weighted by Gasteiger charge is -2.55. The first-order valence-corrected chi connectivity index (χ1v) is 19.7. The lowest BCUT2D eigenvalue weighted by atomic mass is 9.49. The largest absolute Gasteiger partial charge is 0.459 e. The minimum Gasteiger partial charge on any atom is -0.459 e. The molecule has 7 nitrogen and oxygen atoms in total. The maximum Gasteiger partial charge on any atom is 0.312 e. The monoisotopic (exact) mass is 636 g/mol. The zero-order valence-electron chi connectivity index (χ0n) is 28.1. The lowest BCUT2D eigenvalue weighted by molar-refractivity contribution is -0.900. The second kappa shape index (κ2) is 11.8. The standard InChI is InChI=1S/C39H57NO6/c41-35(34-32-14-24-7-25(16-32)17-33(34)15-24)44-4-1-40(2-5-45-36(42)38-18-26-8-27(19-38)10-28(9-26)20-38)3-6-46-37(43)39-21-29-11-30(22-39)13-31(12-29)23-39/h24-34H,1-23H2/p+1. The smallest absolute Gasteiger partial charge is 0.312 e. The summed E-state index contributed by atoms with van der Waals surface area (Å²) < 4.78 is 18.1. The van der Waals surface area contributed by atoms with E-state index in [1.165, 1.54) is 75.5 Å². The van der Waals surface area contributed by atoms with Crippen LogP contribution in [0.3, 0.4) is 0 Å². The third-order valence-corrected chi connectivity index (χ3v) is 15.5. The van der Waals surface area contributed by atoms with Crippen LogP contribution < -0.4 is 4.90 Å². The molecule has 0 amide bonds. The summed E-state index contributed by atoms with van der Waals surface area (Å²) in [6.07, 6.45) is 20.3. The summed E-state index contributed by atoms with van der Waals surface area (Å²) in [4.78, 5) is 41.6. The van der Waals surface area contributed by atoms with Gasteiger partial charge in [-0.25, -0.2) is 0 Å². The topological polar surface area (TPSA) is 83.3 Å². The number of nitrogens with one attached hydrogen (secondary N) is 1. The van der Waals surface area contributed by atoms with Crippen LogP contribution >= 0.6 is 0 Å². The van der Waals surface area contributed by atoms with Gasteiger partial charge in [0, 0.05) is 0 Å². The van der Waals surface area contributed by atoms with Gasteiger partial charge in [-0.15, -0.1) is 0 Å². The quantitative estimate of drug-likeness (QED) is 0.240. The molecule has 7 heteroatoms. The van der Waals surface area contributed by atoms with Crippen LogP contribution in [0.5, 0.6) is 0 Å². The molecule has 12 bridgehead atoms. The number of hydrogen-bond acceptors (Lipinski definition) is 6. The van der Waals surface area contributed by atoms with Gasteiger partial charge in [0.15, 0.2) is 0 Å². The van der Waals surface area contributed by atoms with E-state index in [2.05, 4.69) is 0 Å². The second-order valence-corrected chi connectivity index (χ2v) is 18.8. The second-order valence-electron chi connectivity index (χ2n) is 18.8. The van der Waals surface area contributed by atoms with E-state index in [4.69, 9.17) is 14.2 Å². The summed E-state index contributed by atoms with van der Waals surface area (Å²) >= 11 is 0. The number of carbonyl (C=O) groups excluding carboxylic acids is 3. The van der Waals surface area contributed by atoms with Crippen LogP contribution in [0, 0.1) is 75.9 Å². The van der Waals surface area contributed by atoms with Crippen LogP contribution in [0.4, 0.5) is 0 Å². The normalized spacial score (nSPS) is 47.6. The van der Waals surface area contributed by atoms with Crippen molar-refractivity contribution >= 4 is 17.9 Å². The van der Waals surface area contributed by atoms with E-state index in [1.54, 1.807) is 0 Å². The van der Waals surface area contributed by atoms with Gasteiger partial charge >= 0.3 is 17.9 Å². The van der Waals surface area contributed by atoms with Gasteiger partial charge < -0.3 is 19.1 Å². The Morgan fingerprint density at radius 2 is 0.783 bits per heavy atom. The number of esters is 3. The highest BCUT2D eigenvalue weighted by atomic mass is 16.5. The van der Waals surface area contributed by atoms with E-state index in [-0.39, 0.29) is 34.7 Å². The summed E-state index contributed by atoms with van der Waals surface area (Å²) in [5, 5.41) is 0. The molecule has 0 aromatic rings. The van der Waals surface area contributed by atoms with Gasteiger partial charge in [-0.1, -0.05) is 0 Å². The first-order valence-electron chi connectivity index (χ1n) is 19.7. The van der Waals surface area contributed by atoms with Gasteiger partial charge in [0.05, 0.1) is 16.7 Å². The van der Waals surface area contributed by atoms with E-state index < -0.39 is 0 Å². The van der Waals surface area contributed by atoms with Crippen LogP contribution in [0.25, 0.3) is 0 Å². The van der Waals surface area contributed by atoms with Crippen molar-refractivity contribution in [3.05, 3.63) is 0 Å². The van der Waals surface area contributed by atoms with Gasteiger partial charge in [0.2, 0.25) is 0 Å². The Bertz CT molecular complexity index is 1050. The maximum atomic E-state index is 13.5. The van der Waals surface area contributed by atoms with Crippen LogP contribution in [0.1, 0.15) is 109 Å². The fourth-order valence-corrected chi connectivity index (χ4v) is 14.7. The summed E-state index contributed by atoms with van der Waals surface area (Å²) in [5.41, 5.74) is -0.479. The predicted molar refractivity (Wildman–Crippen MR) is 170 cm³/mol. The number of quaternary nitrogens is 1. The molecule has 12 aliphatic rings. The van der Waals surface area contributed by atoms with Gasteiger partial charge in [0.1, 0.15) is 39.5 Å². The Balaban J connectivity index is 0.793. The molecule has 12 fully saturated rings. The summed E-state index contributed by atoms with van der Waals surface area (Å²) in [6, 6.07) is 0. The average Bonchev–Trinajstić information content (AvgIpc) is 2.99. The van der Waals surface area contributed by atoms with Gasteiger partial charge in [0.25, 0.3) is 0 Å². The maximum absolute atomic E-state index is 13.5. The molecule has 0 unspecified atom stereocenters. The van der Waals surface area contributed by atoms with Crippen molar-refractivity contribution in [2.45, 2.75) is 109 Å². The van der Waals surface area contributed by atoms with Crippen LogP contribution in [-0.4, -0.2) is 57.4 Å². The summed E-state index contributed by atoms with van der Waals surface area (Å²) in [5.74, 6) is 7.23. The minimum absolute atomic E-state index is 0.0228. The van der Waals surface area contributed by atoms with E-state index >= 15 is 0 Å².